The van der Waals surface area contributed by atoms with E-state index in [2.05, 4.69) is 6.92 Å². The predicted molar refractivity (Wildman–Crippen MR) is 90.3 cm³/mol. The van der Waals surface area contributed by atoms with Gasteiger partial charge in [0, 0.05) is 32.1 Å². The lowest BCUT2D eigenvalue weighted by Gasteiger charge is -2.33. The van der Waals surface area contributed by atoms with E-state index in [4.69, 9.17) is 0 Å². The van der Waals surface area contributed by atoms with Crippen LogP contribution in [0.15, 0.2) is 11.4 Å². The van der Waals surface area contributed by atoms with Gasteiger partial charge in [-0.25, -0.2) is 0 Å². The Balaban J connectivity index is 1.95. The second-order valence-electron chi connectivity index (χ2n) is 5.71. The first kappa shape index (κ1) is 17.0. The average molecular weight is 322 g/mol. The van der Waals surface area contributed by atoms with Crippen LogP contribution in [-0.4, -0.2) is 47.8 Å². The molecule has 0 N–H and O–H groups in total. The summed E-state index contributed by atoms with van der Waals surface area (Å²) in [6.07, 6.45) is 2.46. The molecular weight excluding hydrogens is 296 g/mol. The number of carbonyl (C=O) groups is 2. The van der Waals surface area contributed by atoms with Crippen molar-refractivity contribution in [1.29, 1.82) is 0 Å². The second-order valence-corrected chi connectivity index (χ2v) is 6.62. The second kappa shape index (κ2) is 7.77. The average Bonchev–Trinajstić information content (AvgIpc) is 3.04. The number of aryl methyl sites for hydroxylation is 1. The molecule has 122 valence electrons. The largest absolute Gasteiger partial charge is 0.343 e. The Morgan fingerprint density at radius 1 is 1.23 bits per heavy atom. The Hall–Kier alpha value is -1.36. The molecule has 0 spiro atoms. The highest BCUT2D eigenvalue weighted by atomic mass is 32.1. The lowest BCUT2D eigenvalue weighted by molar-refractivity contribution is -0.136. The smallest absolute Gasteiger partial charge is 0.264 e. The molecule has 2 amide bonds. The molecule has 0 bridgehead atoms. The van der Waals surface area contributed by atoms with Gasteiger partial charge in [-0.1, -0.05) is 6.92 Å². The van der Waals surface area contributed by atoms with Crippen molar-refractivity contribution in [1.82, 2.24) is 9.80 Å². The van der Waals surface area contributed by atoms with Gasteiger partial charge in [0.1, 0.15) is 0 Å². The van der Waals surface area contributed by atoms with Crippen LogP contribution in [0.2, 0.25) is 0 Å². The van der Waals surface area contributed by atoms with Gasteiger partial charge >= 0.3 is 0 Å². The first-order valence-corrected chi connectivity index (χ1v) is 9.14. The van der Waals surface area contributed by atoms with Crippen molar-refractivity contribution in [3.63, 3.8) is 0 Å². The first-order valence-electron chi connectivity index (χ1n) is 8.26. The summed E-state index contributed by atoms with van der Waals surface area (Å²) < 4.78 is 0. The molecule has 2 rings (SSSR count). The zero-order valence-corrected chi connectivity index (χ0v) is 14.6. The summed E-state index contributed by atoms with van der Waals surface area (Å²) in [5, 5.41) is 1.99. The molecule has 4 nitrogen and oxygen atoms in total. The molecule has 0 unspecified atom stereocenters. The molecule has 0 aromatic carbocycles. The van der Waals surface area contributed by atoms with E-state index in [1.165, 1.54) is 11.3 Å². The Bertz CT molecular complexity index is 514. The number of rotatable bonds is 5. The van der Waals surface area contributed by atoms with Crippen molar-refractivity contribution in [3.8, 4) is 0 Å². The fourth-order valence-electron chi connectivity index (χ4n) is 3.07. The summed E-state index contributed by atoms with van der Waals surface area (Å²) in [4.78, 5) is 29.7. The molecule has 1 saturated heterocycles. The van der Waals surface area contributed by atoms with E-state index in [0.717, 1.165) is 42.8 Å². The lowest BCUT2D eigenvalue weighted by atomic mass is 9.95. The summed E-state index contributed by atoms with van der Waals surface area (Å²) in [6, 6.07) is 2.04. The molecule has 1 aliphatic heterocycles. The SMILES string of the molecule is CCc1ccsc1C(=O)N1CCC(C(=O)N(CC)CC)CC1. The fraction of sp³-hybridized carbons (Fsp3) is 0.647. The van der Waals surface area contributed by atoms with Crippen LogP contribution in [0.1, 0.15) is 48.8 Å². The predicted octanol–water partition coefficient (Wildman–Crippen LogP) is 3.03. The minimum Gasteiger partial charge on any atom is -0.343 e. The molecule has 5 heteroatoms. The van der Waals surface area contributed by atoms with Crippen molar-refractivity contribution >= 4 is 23.2 Å². The topological polar surface area (TPSA) is 40.6 Å². The monoisotopic (exact) mass is 322 g/mol. The maximum absolute atomic E-state index is 12.6. The van der Waals surface area contributed by atoms with Gasteiger partial charge < -0.3 is 9.80 Å². The van der Waals surface area contributed by atoms with E-state index in [1.807, 2.05) is 35.1 Å². The number of thiophene rings is 1. The molecule has 0 saturated carbocycles. The highest BCUT2D eigenvalue weighted by Gasteiger charge is 2.30. The molecule has 1 aromatic heterocycles. The summed E-state index contributed by atoms with van der Waals surface area (Å²) >= 11 is 1.53. The molecule has 1 aliphatic rings. The third-order valence-corrected chi connectivity index (χ3v) is 5.47. The van der Waals surface area contributed by atoms with Crippen LogP contribution in [0.5, 0.6) is 0 Å². The first-order chi connectivity index (χ1) is 10.6. The van der Waals surface area contributed by atoms with Crippen LogP contribution in [0.3, 0.4) is 0 Å². The maximum Gasteiger partial charge on any atom is 0.264 e. The number of likely N-dealkylation sites (tertiary alicyclic amines) is 1. The number of carbonyl (C=O) groups excluding carboxylic acids is 2. The van der Waals surface area contributed by atoms with Crippen molar-refractivity contribution < 1.29 is 9.59 Å². The van der Waals surface area contributed by atoms with Gasteiger partial charge in [-0.2, -0.15) is 0 Å². The van der Waals surface area contributed by atoms with E-state index >= 15 is 0 Å². The molecule has 22 heavy (non-hydrogen) atoms. The van der Waals surface area contributed by atoms with E-state index in [9.17, 15) is 9.59 Å². The molecular formula is C17H26N2O2S. The van der Waals surface area contributed by atoms with Gasteiger partial charge in [-0.05, 0) is 50.1 Å². The molecule has 0 atom stereocenters. The van der Waals surface area contributed by atoms with E-state index < -0.39 is 0 Å². The minimum absolute atomic E-state index is 0.0814. The van der Waals surface area contributed by atoms with Crippen molar-refractivity contribution in [2.24, 2.45) is 5.92 Å². The van der Waals surface area contributed by atoms with Crippen molar-refractivity contribution in [2.75, 3.05) is 26.2 Å². The van der Waals surface area contributed by atoms with Crippen LogP contribution in [0.25, 0.3) is 0 Å². The summed E-state index contributed by atoms with van der Waals surface area (Å²) in [6.45, 7) is 9.03. The third-order valence-electron chi connectivity index (χ3n) is 4.53. The van der Waals surface area contributed by atoms with Crippen LogP contribution in [-0.2, 0) is 11.2 Å². The lowest BCUT2D eigenvalue weighted by Crippen LogP contribution is -2.44. The highest BCUT2D eigenvalue weighted by Crippen LogP contribution is 2.24. The molecule has 1 fully saturated rings. The fourth-order valence-corrected chi connectivity index (χ4v) is 4.03. The molecule has 0 aliphatic carbocycles. The van der Waals surface area contributed by atoms with Gasteiger partial charge in [-0.15, -0.1) is 11.3 Å². The normalized spacial score (nSPS) is 15.9. The van der Waals surface area contributed by atoms with E-state index in [-0.39, 0.29) is 17.7 Å². The minimum atomic E-state index is 0.0814. The summed E-state index contributed by atoms with van der Waals surface area (Å²) in [5.41, 5.74) is 1.14. The van der Waals surface area contributed by atoms with Crippen LogP contribution in [0.4, 0.5) is 0 Å². The number of hydrogen-bond donors (Lipinski definition) is 0. The Labute approximate surface area is 137 Å². The third kappa shape index (κ3) is 3.51. The van der Waals surface area contributed by atoms with Crippen molar-refractivity contribution in [3.05, 3.63) is 21.9 Å². The van der Waals surface area contributed by atoms with Gasteiger partial charge in [0.05, 0.1) is 4.88 Å². The summed E-state index contributed by atoms with van der Waals surface area (Å²) in [5.74, 6) is 0.473. The molecule has 1 aromatic rings. The number of amides is 2. The van der Waals surface area contributed by atoms with Gasteiger partial charge in [-0.3, -0.25) is 9.59 Å². The standard InChI is InChI=1S/C17H26N2O2S/c1-4-13-9-12-22-15(13)17(21)19-10-7-14(8-11-19)16(20)18(5-2)6-3/h9,12,14H,4-8,10-11H2,1-3H3. The highest BCUT2D eigenvalue weighted by molar-refractivity contribution is 7.12. The zero-order valence-electron chi connectivity index (χ0n) is 13.8. The Morgan fingerprint density at radius 2 is 1.86 bits per heavy atom. The van der Waals surface area contributed by atoms with Crippen molar-refractivity contribution in [2.45, 2.75) is 40.0 Å². The van der Waals surface area contributed by atoms with Gasteiger partial charge in [0.15, 0.2) is 0 Å². The van der Waals surface area contributed by atoms with Gasteiger partial charge in [0.25, 0.3) is 5.91 Å². The van der Waals surface area contributed by atoms with Crippen LogP contribution in [0, 0.1) is 5.92 Å². The number of hydrogen-bond acceptors (Lipinski definition) is 3. The molecule has 0 radical (unpaired) electrons. The zero-order chi connectivity index (χ0) is 16.1. The summed E-state index contributed by atoms with van der Waals surface area (Å²) in [7, 11) is 0. The quantitative estimate of drug-likeness (QED) is 0.836. The maximum atomic E-state index is 12.6. The number of nitrogens with zero attached hydrogens (tertiary/aromatic N) is 2. The Morgan fingerprint density at radius 3 is 2.41 bits per heavy atom. The Kier molecular flexibility index (Phi) is 6.00. The molecule has 2 heterocycles. The van der Waals surface area contributed by atoms with Crippen LogP contribution < -0.4 is 0 Å². The van der Waals surface area contributed by atoms with Gasteiger partial charge in [0.2, 0.25) is 5.91 Å². The van der Waals surface area contributed by atoms with E-state index in [0.29, 0.717) is 13.1 Å². The number of piperidine rings is 1. The van der Waals surface area contributed by atoms with Crippen LogP contribution >= 0.6 is 11.3 Å². The van der Waals surface area contributed by atoms with E-state index in [1.54, 1.807) is 0 Å².